The minimum Gasteiger partial charge on any atom is -0.266 e. The van der Waals surface area contributed by atoms with Crippen LogP contribution in [-0.2, 0) is 10.0 Å². The molecule has 0 saturated heterocycles. The van der Waals surface area contributed by atoms with Crippen molar-refractivity contribution in [3.63, 3.8) is 0 Å². The van der Waals surface area contributed by atoms with Gasteiger partial charge in [0.2, 0.25) is 0 Å². The summed E-state index contributed by atoms with van der Waals surface area (Å²) < 4.78 is 53.6. The fourth-order valence-corrected chi connectivity index (χ4v) is 3.52. The van der Waals surface area contributed by atoms with Crippen LogP contribution in [0.5, 0.6) is 0 Å². The molecule has 0 unspecified atom stereocenters. The summed E-state index contributed by atoms with van der Waals surface area (Å²) in [6, 6.07) is 6.15. The number of amides is 1. The van der Waals surface area contributed by atoms with Crippen molar-refractivity contribution in [3.8, 4) is 5.69 Å². The van der Waals surface area contributed by atoms with E-state index in [1.54, 1.807) is 4.72 Å². The van der Waals surface area contributed by atoms with Crippen LogP contribution in [0.1, 0.15) is 10.5 Å². The number of rotatable bonds is 4. The van der Waals surface area contributed by atoms with Gasteiger partial charge in [0.15, 0.2) is 5.69 Å². The van der Waals surface area contributed by atoms with Crippen LogP contribution in [0, 0.1) is 11.6 Å². The molecule has 0 radical (unpaired) electrons. The molecular formula is C15H8Cl2F2N4O3S. The molecule has 0 aliphatic heterocycles. The van der Waals surface area contributed by atoms with Gasteiger partial charge in [0, 0.05) is 0 Å². The van der Waals surface area contributed by atoms with Gasteiger partial charge in [-0.2, -0.15) is 0 Å². The van der Waals surface area contributed by atoms with Crippen LogP contribution in [0.3, 0.4) is 0 Å². The first-order valence-electron chi connectivity index (χ1n) is 7.07. The molecule has 0 spiro atoms. The highest BCUT2D eigenvalue weighted by Gasteiger charge is 2.22. The van der Waals surface area contributed by atoms with Gasteiger partial charge in [0.05, 0.1) is 26.8 Å². The van der Waals surface area contributed by atoms with Crippen LogP contribution in [0.25, 0.3) is 5.69 Å². The molecule has 1 aromatic heterocycles. The maximum absolute atomic E-state index is 13.2. The molecule has 2 aromatic carbocycles. The molecule has 0 aliphatic carbocycles. The second-order valence-corrected chi connectivity index (χ2v) is 7.65. The zero-order valence-corrected chi connectivity index (χ0v) is 15.4. The van der Waals surface area contributed by atoms with Crippen LogP contribution < -0.4 is 4.72 Å². The molecule has 3 aromatic rings. The molecule has 7 nitrogen and oxygen atoms in total. The van der Waals surface area contributed by atoms with Gasteiger partial charge >= 0.3 is 0 Å². The second kappa shape index (κ2) is 7.22. The quantitative estimate of drug-likeness (QED) is 0.683. The smallest absolute Gasteiger partial charge is 0.266 e. The number of halogens is 4. The first kappa shape index (κ1) is 19.2. The Kier molecular flexibility index (Phi) is 5.13. The van der Waals surface area contributed by atoms with Gasteiger partial charge in [0.25, 0.3) is 15.9 Å². The summed E-state index contributed by atoms with van der Waals surface area (Å²) in [4.78, 5) is 11.8. The van der Waals surface area contributed by atoms with Crippen molar-refractivity contribution >= 4 is 39.1 Å². The topological polar surface area (TPSA) is 94.0 Å². The number of sulfonamides is 1. The third-order valence-corrected chi connectivity index (χ3v) is 5.23. The molecule has 1 heterocycles. The van der Waals surface area contributed by atoms with E-state index in [1.165, 1.54) is 6.07 Å². The molecule has 27 heavy (non-hydrogen) atoms. The Morgan fingerprint density at radius 1 is 1.07 bits per heavy atom. The van der Waals surface area contributed by atoms with Crippen molar-refractivity contribution in [1.82, 2.24) is 19.7 Å². The predicted octanol–water partition coefficient (Wildman–Crippen LogP) is 2.97. The maximum atomic E-state index is 13.2. The van der Waals surface area contributed by atoms with Gasteiger partial charge in [0.1, 0.15) is 11.6 Å². The predicted molar refractivity (Wildman–Crippen MR) is 92.4 cm³/mol. The SMILES string of the molecule is O=C(NS(=O)(=O)c1ccc(F)c(Cl)c1)c1cn(-c2ccc(F)cc2Cl)nn1. The number of carbonyl (C=O) groups is 1. The van der Waals surface area contributed by atoms with E-state index in [1.807, 2.05) is 0 Å². The van der Waals surface area contributed by atoms with Crippen molar-refractivity contribution in [3.05, 3.63) is 70.0 Å². The van der Waals surface area contributed by atoms with Crippen LogP contribution in [0.2, 0.25) is 10.0 Å². The van der Waals surface area contributed by atoms with E-state index >= 15 is 0 Å². The Hall–Kier alpha value is -2.56. The van der Waals surface area contributed by atoms with E-state index in [0.717, 1.165) is 41.2 Å². The molecule has 1 N–H and O–H groups in total. The van der Waals surface area contributed by atoms with Gasteiger partial charge in [-0.05, 0) is 36.4 Å². The first-order chi connectivity index (χ1) is 12.7. The highest BCUT2D eigenvalue weighted by molar-refractivity contribution is 7.90. The average molecular weight is 433 g/mol. The molecular weight excluding hydrogens is 425 g/mol. The molecule has 3 rings (SSSR count). The lowest BCUT2D eigenvalue weighted by Crippen LogP contribution is -2.30. The van der Waals surface area contributed by atoms with E-state index < -0.39 is 37.5 Å². The monoisotopic (exact) mass is 432 g/mol. The highest BCUT2D eigenvalue weighted by Crippen LogP contribution is 2.21. The zero-order valence-electron chi connectivity index (χ0n) is 13.0. The number of aromatic nitrogens is 3. The molecule has 0 aliphatic rings. The van der Waals surface area contributed by atoms with Crippen LogP contribution in [-0.4, -0.2) is 29.3 Å². The normalized spacial score (nSPS) is 11.4. The van der Waals surface area contributed by atoms with Gasteiger partial charge in [-0.1, -0.05) is 28.4 Å². The molecule has 0 saturated carbocycles. The van der Waals surface area contributed by atoms with E-state index in [4.69, 9.17) is 23.2 Å². The average Bonchev–Trinajstić information content (AvgIpc) is 3.06. The molecule has 1 amide bonds. The van der Waals surface area contributed by atoms with Gasteiger partial charge in [-0.15, -0.1) is 5.10 Å². The summed E-state index contributed by atoms with van der Waals surface area (Å²) in [6.45, 7) is 0. The number of benzene rings is 2. The maximum Gasteiger partial charge on any atom is 0.287 e. The fourth-order valence-electron chi connectivity index (χ4n) is 2.03. The molecule has 12 heteroatoms. The van der Waals surface area contributed by atoms with E-state index in [0.29, 0.717) is 0 Å². The second-order valence-electron chi connectivity index (χ2n) is 5.15. The van der Waals surface area contributed by atoms with Crippen molar-refractivity contribution in [2.75, 3.05) is 0 Å². The van der Waals surface area contributed by atoms with Gasteiger partial charge in [-0.25, -0.2) is 26.6 Å². The Labute approximate surface area is 161 Å². The Bertz CT molecular complexity index is 1150. The molecule has 0 bridgehead atoms. The van der Waals surface area contributed by atoms with Gasteiger partial charge in [-0.3, -0.25) is 4.79 Å². The summed E-state index contributed by atoms with van der Waals surface area (Å²) in [5.41, 5.74) is -0.107. The van der Waals surface area contributed by atoms with E-state index in [9.17, 15) is 22.0 Å². The number of carbonyl (C=O) groups excluding carboxylic acids is 1. The summed E-state index contributed by atoms with van der Waals surface area (Å²) in [5, 5.41) is 6.82. The third-order valence-electron chi connectivity index (χ3n) is 3.31. The minimum absolute atomic E-state index is 0.0143. The number of hydrogen-bond donors (Lipinski definition) is 1. The van der Waals surface area contributed by atoms with Crippen molar-refractivity contribution in [2.45, 2.75) is 4.90 Å². The summed E-state index contributed by atoms with van der Waals surface area (Å²) in [7, 11) is -4.32. The molecule has 0 fully saturated rings. The summed E-state index contributed by atoms with van der Waals surface area (Å²) in [5.74, 6) is -2.45. The van der Waals surface area contributed by atoms with Crippen LogP contribution in [0.15, 0.2) is 47.5 Å². The fraction of sp³-hybridized carbons (Fsp3) is 0. The van der Waals surface area contributed by atoms with Gasteiger partial charge < -0.3 is 0 Å². The Morgan fingerprint density at radius 2 is 1.81 bits per heavy atom. The van der Waals surface area contributed by atoms with Crippen molar-refractivity contribution < 1.29 is 22.0 Å². The summed E-state index contributed by atoms with van der Waals surface area (Å²) in [6.07, 6.45) is 1.11. The molecule has 0 atom stereocenters. The minimum atomic E-state index is -4.32. The van der Waals surface area contributed by atoms with Crippen LogP contribution >= 0.6 is 23.2 Å². The Balaban J connectivity index is 1.84. The first-order valence-corrected chi connectivity index (χ1v) is 9.31. The number of hydrogen-bond acceptors (Lipinski definition) is 5. The highest BCUT2D eigenvalue weighted by atomic mass is 35.5. The Morgan fingerprint density at radius 3 is 2.48 bits per heavy atom. The lowest BCUT2D eigenvalue weighted by atomic mass is 10.3. The van der Waals surface area contributed by atoms with E-state index in [-0.39, 0.29) is 16.4 Å². The third kappa shape index (κ3) is 4.07. The molecule has 140 valence electrons. The largest absolute Gasteiger partial charge is 0.287 e. The lowest BCUT2D eigenvalue weighted by Gasteiger charge is -2.06. The summed E-state index contributed by atoms with van der Waals surface area (Å²) >= 11 is 11.5. The van der Waals surface area contributed by atoms with E-state index in [2.05, 4.69) is 10.3 Å². The lowest BCUT2D eigenvalue weighted by molar-refractivity contribution is 0.0976. The number of nitrogens with zero attached hydrogens (tertiary/aromatic N) is 3. The van der Waals surface area contributed by atoms with Crippen molar-refractivity contribution in [2.24, 2.45) is 0 Å². The zero-order chi connectivity index (χ0) is 19.8. The standard InChI is InChI=1S/C15H8Cl2F2N4O3S/c16-10-6-9(2-3-12(10)19)27(25,26)21-15(24)13-7-23(22-20-13)14-4-1-8(18)5-11(14)17/h1-7H,(H,21,24). The van der Waals surface area contributed by atoms with Crippen molar-refractivity contribution in [1.29, 1.82) is 0 Å². The number of nitrogens with one attached hydrogen (secondary N) is 1. The van der Waals surface area contributed by atoms with Crippen LogP contribution in [0.4, 0.5) is 8.78 Å².